The molecule has 1 radical (unpaired) electrons. The smallest absolute Gasteiger partial charge is 0.0602 e. The van der Waals surface area contributed by atoms with Crippen LogP contribution in [0.25, 0.3) is 0 Å². The van der Waals surface area contributed by atoms with Crippen molar-refractivity contribution in [2.24, 2.45) is 11.8 Å². The molecule has 0 aliphatic carbocycles. The van der Waals surface area contributed by atoms with Crippen LogP contribution >= 0.6 is 0 Å². The standard InChI is InChI=1S/C20H36NSi/c1-17(2)10-9-11-18(3)13-15-22(20(4,5)6)16-19-12-7-8-14-21-19/h7-8,12,14,17-18H,9-11,13,15-16H2,1-6H3. The van der Waals surface area contributed by atoms with Crippen molar-refractivity contribution < 1.29 is 0 Å². The molecule has 1 heterocycles. The lowest BCUT2D eigenvalue weighted by Gasteiger charge is -2.30. The predicted molar refractivity (Wildman–Crippen MR) is 101 cm³/mol. The van der Waals surface area contributed by atoms with E-state index in [-0.39, 0.29) is 0 Å². The molecule has 0 spiro atoms. The maximum Gasteiger partial charge on any atom is 0.0602 e. The molecule has 1 aromatic heterocycles. The number of hydrogen-bond acceptors (Lipinski definition) is 1. The third-order valence-electron chi connectivity index (χ3n) is 4.60. The molecular weight excluding hydrogens is 282 g/mol. The molecule has 1 nitrogen and oxygen atoms in total. The molecule has 1 aromatic rings. The summed E-state index contributed by atoms with van der Waals surface area (Å²) in [4.78, 5) is 4.55. The second-order valence-corrected chi connectivity index (χ2v) is 11.9. The van der Waals surface area contributed by atoms with Gasteiger partial charge in [-0.05, 0) is 35.1 Å². The third kappa shape index (κ3) is 8.12. The molecule has 0 aliphatic heterocycles. The number of aromatic nitrogens is 1. The van der Waals surface area contributed by atoms with Gasteiger partial charge in [-0.15, -0.1) is 0 Å². The maximum absolute atomic E-state index is 4.55. The van der Waals surface area contributed by atoms with Gasteiger partial charge in [0, 0.05) is 11.9 Å². The van der Waals surface area contributed by atoms with Crippen LogP contribution in [0.5, 0.6) is 0 Å². The largest absolute Gasteiger partial charge is 0.262 e. The highest BCUT2D eigenvalue weighted by Crippen LogP contribution is 2.33. The van der Waals surface area contributed by atoms with Crippen LogP contribution in [0, 0.1) is 11.8 Å². The number of rotatable bonds is 9. The molecule has 1 atom stereocenters. The second kappa shape index (κ2) is 9.49. The van der Waals surface area contributed by atoms with Crippen LogP contribution in [0.4, 0.5) is 0 Å². The van der Waals surface area contributed by atoms with Gasteiger partial charge in [-0.2, -0.15) is 0 Å². The molecule has 1 rings (SSSR count). The molecule has 0 fully saturated rings. The van der Waals surface area contributed by atoms with E-state index in [4.69, 9.17) is 0 Å². The van der Waals surface area contributed by atoms with Crippen LogP contribution in [0.15, 0.2) is 24.4 Å². The van der Waals surface area contributed by atoms with E-state index >= 15 is 0 Å². The molecule has 0 saturated carbocycles. The Morgan fingerprint density at radius 1 is 1.05 bits per heavy atom. The Morgan fingerprint density at radius 3 is 2.32 bits per heavy atom. The molecule has 0 N–H and O–H groups in total. The van der Waals surface area contributed by atoms with Crippen molar-refractivity contribution in [2.45, 2.75) is 84.4 Å². The van der Waals surface area contributed by atoms with E-state index in [1.54, 1.807) is 0 Å². The van der Waals surface area contributed by atoms with Crippen molar-refractivity contribution in [3.63, 3.8) is 0 Å². The van der Waals surface area contributed by atoms with Gasteiger partial charge >= 0.3 is 0 Å². The van der Waals surface area contributed by atoms with E-state index in [1.165, 1.54) is 43.5 Å². The Kier molecular flexibility index (Phi) is 8.38. The lowest BCUT2D eigenvalue weighted by Crippen LogP contribution is -2.29. The highest BCUT2D eigenvalue weighted by Gasteiger charge is 2.27. The summed E-state index contributed by atoms with van der Waals surface area (Å²) in [6.07, 6.45) is 7.52. The highest BCUT2D eigenvalue weighted by atomic mass is 28.3. The summed E-state index contributed by atoms with van der Waals surface area (Å²) < 4.78 is 0. The SMILES string of the molecule is CC(C)CCCC(C)CC[Si](Cc1ccccn1)C(C)(C)C. The molecular formula is C20H36NSi. The van der Waals surface area contributed by atoms with Crippen LogP contribution in [-0.4, -0.2) is 13.8 Å². The van der Waals surface area contributed by atoms with Gasteiger partial charge in [0.2, 0.25) is 0 Å². The van der Waals surface area contributed by atoms with E-state index in [0.717, 1.165) is 11.8 Å². The number of pyridine rings is 1. The summed E-state index contributed by atoms with van der Waals surface area (Å²) in [7, 11) is -0.411. The van der Waals surface area contributed by atoms with Crippen molar-refractivity contribution in [2.75, 3.05) is 0 Å². The summed E-state index contributed by atoms with van der Waals surface area (Å²) in [6.45, 7) is 14.4. The maximum atomic E-state index is 4.55. The van der Waals surface area contributed by atoms with Gasteiger partial charge in [-0.3, -0.25) is 4.98 Å². The Hall–Kier alpha value is -0.633. The van der Waals surface area contributed by atoms with E-state index in [1.807, 2.05) is 12.3 Å². The van der Waals surface area contributed by atoms with Crippen molar-refractivity contribution in [3.8, 4) is 0 Å². The minimum atomic E-state index is -0.411. The summed E-state index contributed by atoms with van der Waals surface area (Å²) in [5.41, 5.74) is 1.29. The van der Waals surface area contributed by atoms with Gasteiger partial charge in [0.25, 0.3) is 0 Å². The summed E-state index contributed by atoms with van der Waals surface area (Å²) in [6, 6.07) is 8.98. The molecule has 1 unspecified atom stereocenters. The van der Waals surface area contributed by atoms with Crippen LogP contribution in [0.2, 0.25) is 11.1 Å². The average molecular weight is 319 g/mol. The second-order valence-electron chi connectivity index (χ2n) is 8.32. The Labute approximate surface area is 140 Å². The van der Waals surface area contributed by atoms with Crippen LogP contribution in [0.3, 0.4) is 0 Å². The topological polar surface area (TPSA) is 12.9 Å². The Morgan fingerprint density at radius 2 is 1.77 bits per heavy atom. The molecule has 0 aliphatic rings. The summed E-state index contributed by atoms with van der Waals surface area (Å²) in [5.74, 6) is 1.73. The monoisotopic (exact) mass is 318 g/mol. The first kappa shape index (κ1) is 19.4. The van der Waals surface area contributed by atoms with E-state index in [9.17, 15) is 0 Å². The first-order chi connectivity index (χ1) is 10.3. The molecule has 0 saturated heterocycles. The zero-order valence-electron chi connectivity index (χ0n) is 15.7. The van der Waals surface area contributed by atoms with Crippen LogP contribution in [0.1, 0.15) is 72.9 Å². The van der Waals surface area contributed by atoms with E-state index < -0.39 is 8.80 Å². The third-order valence-corrected chi connectivity index (χ3v) is 8.40. The predicted octanol–water partition coefficient (Wildman–Crippen LogP) is 6.31. The lowest BCUT2D eigenvalue weighted by atomic mass is 9.98. The van der Waals surface area contributed by atoms with Gasteiger partial charge in [-0.25, -0.2) is 0 Å². The first-order valence-corrected chi connectivity index (χ1v) is 11.0. The molecule has 0 bridgehead atoms. The van der Waals surface area contributed by atoms with Gasteiger partial charge in [0.05, 0.1) is 8.80 Å². The van der Waals surface area contributed by atoms with Crippen molar-refractivity contribution >= 4 is 8.80 Å². The summed E-state index contributed by atoms with van der Waals surface area (Å²) >= 11 is 0. The molecule has 125 valence electrons. The Bertz CT molecular complexity index is 394. The normalized spacial score (nSPS) is 13.8. The van der Waals surface area contributed by atoms with Crippen molar-refractivity contribution in [1.82, 2.24) is 4.98 Å². The van der Waals surface area contributed by atoms with Crippen LogP contribution in [-0.2, 0) is 6.04 Å². The first-order valence-electron chi connectivity index (χ1n) is 9.04. The molecule has 0 amide bonds. The van der Waals surface area contributed by atoms with Gasteiger partial charge < -0.3 is 0 Å². The Balaban J connectivity index is 2.45. The fourth-order valence-corrected chi connectivity index (χ4v) is 5.83. The molecule has 22 heavy (non-hydrogen) atoms. The molecule has 2 heteroatoms. The number of hydrogen-bond donors (Lipinski definition) is 0. The lowest BCUT2D eigenvalue weighted by molar-refractivity contribution is 0.446. The highest BCUT2D eigenvalue weighted by molar-refractivity contribution is 6.61. The number of nitrogens with zero attached hydrogens (tertiary/aromatic N) is 1. The van der Waals surface area contributed by atoms with Gasteiger partial charge in [0.1, 0.15) is 0 Å². The minimum Gasteiger partial charge on any atom is -0.262 e. The summed E-state index contributed by atoms with van der Waals surface area (Å²) in [5, 5.41) is 0.458. The average Bonchev–Trinajstić information content (AvgIpc) is 2.43. The van der Waals surface area contributed by atoms with Crippen molar-refractivity contribution in [3.05, 3.63) is 30.1 Å². The zero-order chi connectivity index (χ0) is 16.6. The minimum absolute atomic E-state index is 0.411. The zero-order valence-corrected chi connectivity index (χ0v) is 16.7. The van der Waals surface area contributed by atoms with Gasteiger partial charge in [0.15, 0.2) is 0 Å². The fraction of sp³-hybridized carbons (Fsp3) is 0.750. The van der Waals surface area contributed by atoms with Crippen LogP contribution < -0.4 is 0 Å². The molecule has 0 aromatic carbocycles. The van der Waals surface area contributed by atoms with Crippen molar-refractivity contribution in [1.29, 1.82) is 0 Å². The van der Waals surface area contributed by atoms with E-state index in [2.05, 4.69) is 58.7 Å². The van der Waals surface area contributed by atoms with Gasteiger partial charge in [-0.1, -0.05) is 79.3 Å². The fourth-order valence-electron chi connectivity index (χ4n) is 2.89. The quantitative estimate of drug-likeness (QED) is 0.486. The van der Waals surface area contributed by atoms with E-state index in [0.29, 0.717) is 5.04 Å².